The normalized spacial score (nSPS) is 12.6. The molecule has 0 aliphatic heterocycles. The van der Waals surface area contributed by atoms with E-state index in [4.69, 9.17) is 5.73 Å². The Bertz CT molecular complexity index is 1030. The quantitative estimate of drug-likeness (QED) is 0.551. The lowest BCUT2D eigenvalue weighted by Crippen LogP contribution is -2.10. The Kier molecular flexibility index (Phi) is 5.44. The Morgan fingerprint density at radius 2 is 1.96 bits per heavy atom. The number of benzene rings is 1. The summed E-state index contributed by atoms with van der Waals surface area (Å²) in [5, 5.41) is 10.2. The molecule has 0 amide bonds. The second-order valence-corrected chi connectivity index (χ2v) is 5.73. The summed E-state index contributed by atoms with van der Waals surface area (Å²) >= 11 is 0. The summed E-state index contributed by atoms with van der Waals surface area (Å²) in [6.07, 6.45) is -0.160. The molecule has 0 saturated carbocycles. The number of nitrogen functional groups attached to an aromatic ring is 1. The first-order valence-corrected chi connectivity index (χ1v) is 8.27. The molecule has 0 spiro atoms. The first-order valence-electron chi connectivity index (χ1n) is 8.27. The van der Waals surface area contributed by atoms with Crippen LogP contribution in [0.1, 0.15) is 0 Å². The van der Waals surface area contributed by atoms with E-state index in [1.807, 2.05) is 30.3 Å². The molecule has 1 aromatic carbocycles. The van der Waals surface area contributed by atoms with Crippen LogP contribution in [0.25, 0.3) is 22.4 Å². The zero-order valence-electron chi connectivity index (χ0n) is 14.7. The van der Waals surface area contributed by atoms with Gasteiger partial charge in [0.2, 0.25) is 0 Å². The zero-order valence-corrected chi connectivity index (χ0v) is 14.7. The van der Waals surface area contributed by atoms with Crippen molar-refractivity contribution in [2.45, 2.75) is 6.18 Å². The van der Waals surface area contributed by atoms with E-state index in [0.29, 0.717) is 22.7 Å². The summed E-state index contributed by atoms with van der Waals surface area (Å²) in [5.41, 5.74) is 6.48. The topological polar surface area (TPSA) is 92.5 Å². The average molecular weight is 386 g/mol. The molecular weight excluding hydrogens is 369 g/mol. The van der Waals surface area contributed by atoms with E-state index in [0.717, 1.165) is 23.8 Å². The number of alkyl halides is 3. The minimum absolute atomic E-state index is 0.102. The largest absolute Gasteiger partial charge is 0.416 e. The lowest BCUT2D eigenvalue weighted by atomic mass is 10.2. The molecule has 6 nitrogen and oxygen atoms in total. The van der Waals surface area contributed by atoms with Crippen LogP contribution >= 0.6 is 0 Å². The lowest BCUT2D eigenvalue weighted by Gasteiger charge is -2.07. The SMILES string of the molecule is C=C/C=C(\C=C/CNc1n[nH]c2nc(-c3ccccc3)nc(N)c12)C(F)(F)F. The molecule has 4 N–H and O–H groups in total. The minimum Gasteiger partial charge on any atom is -0.383 e. The van der Waals surface area contributed by atoms with Crippen LogP contribution in [0, 0.1) is 0 Å². The van der Waals surface area contributed by atoms with Gasteiger partial charge in [-0.1, -0.05) is 61.2 Å². The number of fused-ring (bicyclic) bond motifs is 1. The number of nitrogens with two attached hydrogens (primary N) is 1. The molecule has 0 aliphatic rings. The Labute approximate surface area is 158 Å². The van der Waals surface area contributed by atoms with E-state index in [-0.39, 0.29) is 12.4 Å². The van der Waals surface area contributed by atoms with Crippen LogP contribution < -0.4 is 11.1 Å². The van der Waals surface area contributed by atoms with Crippen LogP contribution in [0.5, 0.6) is 0 Å². The molecule has 28 heavy (non-hydrogen) atoms. The minimum atomic E-state index is -4.45. The Balaban J connectivity index is 1.79. The Hall–Kier alpha value is -3.62. The predicted octanol–water partition coefficient (Wildman–Crippen LogP) is 4.24. The van der Waals surface area contributed by atoms with E-state index >= 15 is 0 Å². The van der Waals surface area contributed by atoms with Gasteiger partial charge in [0.1, 0.15) is 11.2 Å². The molecule has 0 atom stereocenters. The van der Waals surface area contributed by atoms with Gasteiger partial charge < -0.3 is 11.1 Å². The van der Waals surface area contributed by atoms with Crippen LogP contribution in [-0.2, 0) is 0 Å². The van der Waals surface area contributed by atoms with Gasteiger partial charge in [-0.25, -0.2) is 9.97 Å². The first-order chi connectivity index (χ1) is 13.4. The summed E-state index contributed by atoms with van der Waals surface area (Å²) < 4.78 is 38.4. The number of halogens is 3. The zero-order chi connectivity index (χ0) is 20.1. The summed E-state index contributed by atoms with van der Waals surface area (Å²) in [6, 6.07) is 9.32. The number of H-pyrrole nitrogens is 1. The van der Waals surface area contributed by atoms with Crippen molar-refractivity contribution < 1.29 is 13.2 Å². The van der Waals surface area contributed by atoms with Crippen molar-refractivity contribution in [2.24, 2.45) is 0 Å². The molecule has 2 heterocycles. The van der Waals surface area contributed by atoms with E-state index in [9.17, 15) is 13.2 Å². The van der Waals surface area contributed by atoms with Crippen molar-refractivity contribution in [1.82, 2.24) is 20.2 Å². The number of aromatic amines is 1. The standard InChI is InChI=1S/C19H17F3N6/c1-2-7-13(19(20,21)22)10-6-11-24-17-14-15(23)25-16(26-18(14)28-27-17)12-8-4-3-5-9-12/h2-10H,1,11H2,(H4,23,24,25,26,27,28)/b10-6-,13-7+. The number of rotatable bonds is 6. The van der Waals surface area contributed by atoms with Gasteiger partial charge in [0, 0.05) is 12.1 Å². The highest BCUT2D eigenvalue weighted by Crippen LogP contribution is 2.28. The molecule has 0 saturated heterocycles. The van der Waals surface area contributed by atoms with Gasteiger partial charge in [-0.3, -0.25) is 5.10 Å². The highest BCUT2D eigenvalue weighted by molar-refractivity contribution is 5.96. The molecule has 3 rings (SSSR count). The van der Waals surface area contributed by atoms with Gasteiger partial charge in [-0.2, -0.15) is 18.3 Å². The third-order valence-electron chi connectivity index (χ3n) is 3.79. The van der Waals surface area contributed by atoms with E-state index < -0.39 is 11.7 Å². The van der Waals surface area contributed by atoms with E-state index in [1.54, 1.807) is 0 Å². The maximum Gasteiger partial charge on any atom is 0.416 e. The van der Waals surface area contributed by atoms with Crippen molar-refractivity contribution >= 4 is 22.7 Å². The smallest absolute Gasteiger partial charge is 0.383 e. The van der Waals surface area contributed by atoms with Gasteiger partial charge in [-0.05, 0) is 0 Å². The molecule has 0 bridgehead atoms. The van der Waals surface area contributed by atoms with Crippen molar-refractivity contribution in [1.29, 1.82) is 0 Å². The van der Waals surface area contributed by atoms with Crippen molar-refractivity contribution in [3.63, 3.8) is 0 Å². The Morgan fingerprint density at radius 1 is 1.21 bits per heavy atom. The van der Waals surface area contributed by atoms with Crippen LogP contribution in [0.4, 0.5) is 24.8 Å². The van der Waals surface area contributed by atoms with Gasteiger partial charge in [0.15, 0.2) is 17.3 Å². The third-order valence-corrected chi connectivity index (χ3v) is 3.79. The fraction of sp³-hybridized carbons (Fsp3) is 0.105. The van der Waals surface area contributed by atoms with Crippen molar-refractivity contribution in [2.75, 3.05) is 17.6 Å². The Morgan fingerprint density at radius 3 is 2.64 bits per heavy atom. The predicted molar refractivity (Wildman–Crippen MR) is 103 cm³/mol. The number of hydrogen-bond acceptors (Lipinski definition) is 5. The van der Waals surface area contributed by atoms with Crippen LogP contribution in [0.15, 0.2) is 66.8 Å². The van der Waals surface area contributed by atoms with Gasteiger partial charge in [0.25, 0.3) is 0 Å². The monoisotopic (exact) mass is 386 g/mol. The van der Waals surface area contributed by atoms with Crippen LogP contribution in [0.2, 0.25) is 0 Å². The van der Waals surface area contributed by atoms with E-state index in [1.165, 1.54) is 6.08 Å². The van der Waals surface area contributed by atoms with Gasteiger partial charge in [-0.15, -0.1) is 0 Å². The average Bonchev–Trinajstić information content (AvgIpc) is 3.07. The molecule has 144 valence electrons. The van der Waals surface area contributed by atoms with Crippen LogP contribution in [-0.4, -0.2) is 32.9 Å². The highest BCUT2D eigenvalue weighted by atomic mass is 19.4. The molecule has 0 unspecified atom stereocenters. The summed E-state index contributed by atoms with van der Waals surface area (Å²) in [7, 11) is 0. The summed E-state index contributed by atoms with van der Waals surface area (Å²) in [5.74, 6) is 1.02. The van der Waals surface area contributed by atoms with Gasteiger partial charge in [0.05, 0.1) is 5.57 Å². The second-order valence-electron chi connectivity index (χ2n) is 5.73. The van der Waals surface area contributed by atoms with Crippen LogP contribution in [0.3, 0.4) is 0 Å². The maximum atomic E-state index is 12.8. The number of nitrogens with one attached hydrogen (secondary N) is 2. The number of aromatic nitrogens is 4. The lowest BCUT2D eigenvalue weighted by molar-refractivity contribution is -0.0881. The molecule has 3 aromatic rings. The molecule has 9 heteroatoms. The number of hydrogen-bond donors (Lipinski definition) is 3. The number of nitrogens with zero attached hydrogens (tertiary/aromatic N) is 3. The first kappa shape index (κ1) is 19.2. The van der Waals surface area contributed by atoms with Crippen molar-refractivity contribution in [3.8, 4) is 11.4 Å². The fourth-order valence-electron chi connectivity index (χ4n) is 2.51. The second kappa shape index (κ2) is 7.95. The fourth-order valence-corrected chi connectivity index (χ4v) is 2.51. The molecule has 0 aliphatic carbocycles. The number of anilines is 2. The molecule has 2 aromatic heterocycles. The number of allylic oxidation sites excluding steroid dienone is 4. The third kappa shape index (κ3) is 4.20. The van der Waals surface area contributed by atoms with Crippen molar-refractivity contribution in [3.05, 3.63) is 66.8 Å². The van der Waals surface area contributed by atoms with E-state index in [2.05, 4.69) is 32.1 Å². The maximum absolute atomic E-state index is 12.8. The summed E-state index contributed by atoms with van der Waals surface area (Å²) in [4.78, 5) is 8.70. The molecule has 0 fully saturated rings. The molecule has 0 radical (unpaired) electrons. The summed E-state index contributed by atoms with van der Waals surface area (Å²) in [6.45, 7) is 3.39. The molecular formula is C19H17F3N6. The van der Waals surface area contributed by atoms with Gasteiger partial charge >= 0.3 is 6.18 Å². The highest BCUT2D eigenvalue weighted by Gasteiger charge is 2.30.